The highest BCUT2D eigenvalue weighted by atomic mass is 127. The first-order valence-corrected chi connectivity index (χ1v) is 7.34. The van der Waals surface area contributed by atoms with Gasteiger partial charge in [0, 0.05) is 21.5 Å². The molecule has 0 aliphatic carbocycles. The van der Waals surface area contributed by atoms with Gasteiger partial charge in [-0.15, -0.1) is 11.3 Å². The van der Waals surface area contributed by atoms with Crippen molar-refractivity contribution in [2.45, 2.75) is 19.5 Å². The van der Waals surface area contributed by atoms with Crippen molar-refractivity contribution in [1.29, 1.82) is 0 Å². The molecule has 0 aliphatic rings. The number of rotatable bonds is 2. The highest BCUT2D eigenvalue weighted by Crippen LogP contribution is 2.32. The van der Waals surface area contributed by atoms with E-state index in [1.165, 1.54) is 23.9 Å². The Morgan fingerprint density at radius 3 is 3.12 bits per heavy atom. The van der Waals surface area contributed by atoms with Crippen molar-refractivity contribution in [3.8, 4) is 0 Å². The van der Waals surface area contributed by atoms with Crippen LogP contribution in [-0.4, -0.2) is 15.8 Å². The Balaban J connectivity index is 2.33. The van der Waals surface area contributed by atoms with Crippen LogP contribution in [0.25, 0.3) is 21.0 Å². The van der Waals surface area contributed by atoms with Crippen molar-refractivity contribution in [1.82, 2.24) is 9.78 Å². The normalized spacial score (nSPS) is 13.6. The van der Waals surface area contributed by atoms with Crippen LogP contribution in [0.3, 0.4) is 0 Å². The molecule has 2 heterocycles. The topological polar surface area (TPSA) is 43.8 Å². The second-order valence-corrected chi connectivity index (χ2v) is 7.25. The smallest absolute Gasteiger partial charge is 0.0770 e. The Labute approximate surface area is 117 Å². The molecule has 17 heavy (non-hydrogen) atoms. The summed E-state index contributed by atoms with van der Waals surface area (Å²) in [6, 6.07) is 6.64. The minimum Gasteiger partial charge on any atom is -0.326 e. The number of benzene rings is 1. The van der Waals surface area contributed by atoms with Gasteiger partial charge in [0.25, 0.3) is 0 Å². The molecular weight excluding hydrogens is 345 g/mol. The summed E-state index contributed by atoms with van der Waals surface area (Å²) >= 11 is 4.18. The fourth-order valence-electron chi connectivity index (χ4n) is 2.08. The second kappa shape index (κ2) is 4.22. The van der Waals surface area contributed by atoms with Crippen LogP contribution >= 0.6 is 33.9 Å². The average Bonchev–Trinajstić information content (AvgIpc) is 2.79. The largest absolute Gasteiger partial charge is 0.326 e. The summed E-state index contributed by atoms with van der Waals surface area (Å²) < 4.78 is 4.64. The average molecular weight is 357 g/mol. The van der Waals surface area contributed by atoms with Crippen molar-refractivity contribution in [3.63, 3.8) is 0 Å². The van der Waals surface area contributed by atoms with E-state index in [0.29, 0.717) is 0 Å². The predicted molar refractivity (Wildman–Crippen MR) is 81.5 cm³/mol. The molecule has 2 N–H and O–H groups in total. The van der Waals surface area contributed by atoms with E-state index in [-0.39, 0.29) is 6.04 Å². The van der Waals surface area contributed by atoms with E-state index in [1.807, 2.05) is 29.1 Å². The maximum Gasteiger partial charge on any atom is 0.0770 e. The van der Waals surface area contributed by atoms with Gasteiger partial charge in [-0.1, -0.05) is 0 Å². The van der Waals surface area contributed by atoms with Crippen LogP contribution in [0.2, 0.25) is 0 Å². The standard InChI is InChI=1S/C12H12IN3S/c1-7(14)6-16-12-8(5-15-16)2-3-10-9(12)4-11(13)17-10/h2-5,7H,6,14H2,1H3/t7-/m0/s1. The van der Waals surface area contributed by atoms with Crippen LogP contribution in [-0.2, 0) is 6.54 Å². The lowest BCUT2D eigenvalue weighted by Crippen LogP contribution is -2.22. The SMILES string of the molecule is C[C@H](N)Cn1ncc2ccc3sc(I)cc3c21. The van der Waals surface area contributed by atoms with Crippen LogP contribution in [0.4, 0.5) is 0 Å². The first-order valence-electron chi connectivity index (χ1n) is 5.44. The summed E-state index contributed by atoms with van der Waals surface area (Å²) in [4.78, 5) is 0. The third-order valence-corrected chi connectivity index (χ3v) is 4.59. The molecule has 0 fully saturated rings. The molecule has 0 amide bonds. The summed E-state index contributed by atoms with van der Waals surface area (Å²) in [6.07, 6.45) is 1.92. The van der Waals surface area contributed by atoms with Gasteiger partial charge in [0.05, 0.1) is 21.1 Å². The Hall–Kier alpha value is -0.660. The van der Waals surface area contributed by atoms with Gasteiger partial charge in [-0.05, 0) is 47.7 Å². The predicted octanol–water partition coefficient (Wildman–Crippen LogP) is 3.20. The molecule has 1 atom stereocenters. The Morgan fingerprint density at radius 2 is 2.35 bits per heavy atom. The molecule has 0 spiro atoms. The van der Waals surface area contributed by atoms with Crippen LogP contribution in [0.15, 0.2) is 24.4 Å². The molecule has 1 aromatic carbocycles. The second-order valence-electron chi connectivity index (χ2n) is 4.27. The number of hydrogen-bond acceptors (Lipinski definition) is 3. The van der Waals surface area contributed by atoms with E-state index < -0.39 is 0 Å². The molecule has 0 saturated heterocycles. The van der Waals surface area contributed by atoms with E-state index in [0.717, 1.165) is 6.54 Å². The van der Waals surface area contributed by atoms with Crippen LogP contribution in [0.1, 0.15) is 6.92 Å². The van der Waals surface area contributed by atoms with Gasteiger partial charge in [-0.25, -0.2) is 0 Å². The van der Waals surface area contributed by atoms with E-state index in [1.54, 1.807) is 0 Å². The van der Waals surface area contributed by atoms with Gasteiger partial charge < -0.3 is 5.73 Å². The molecule has 88 valence electrons. The Morgan fingerprint density at radius 1 is 1.53 bits per heavy atom. The first kappa shape index (κ1) is 11.4. The molecule has 3 aromatic rings. The summed E-state index contributed by atoms with van der Waals surface area (Å²) in [5, 5.41) is 6.91. The van der Waals surface area contributed by atoms with Gasteiger partial charge in [-0.3, -0.25) is 4.68 Å². The lowest BCUT2D eigenvalue weighted by Gasteiger charge is -2.07. The number of nitrogens with zero attached hydrogens (tertiary/aromatic N) is 2. The van der Waals surface area contributed by atoms with E-state index in [4.69, 9.17) is 5.73 Å². The summed E-state index contributed by atoms with van der Waals surface area (Å²) in [6.45, 7) is 2.76. The zero-order valence-electron chi connectivity index (χ0n) is 9.35. The van der Waals surface area contributed by atoms with E-state index in [9.17, 15) is 0 Å². The highest BCUT2D eigenvalue weighted by molar-refractivity contribution is 14.1. The van der Waals surface area contributed by atoms with E-state index in [2.05, 4.69) is 45.9 Å². The lowest BCUT2D eigenvalue weighted by molar-refractivity contribution is 0.554. The summed E-state index contributed by atoms with van der Waals surface area (Å²) in [5.74, 6) is 0. The molecule has 2 aromatic heterocycles. The monoisotopic (exact) mass is 357 g/mol. The maximum atomic E-state index is 5.86. The fourth-order valence-corrected chi connectivity index (χ4v) is 3.89. The lowest BCUT2D eigenvalue weighted by atomic mass is 10.2. The zero-order chi connectivity index (χ0) is 12.0. The summed E-state index contributed by atoms with van der Waals surface area (Å²) in [7, 11) is 0. The fraction of sp³-hybridized carbons (Fsp3) is 0.250. The maximum absolute atomic E-state index is 5.86. The Kier molecular flexibility index (Phi) is 2.84. The first-order chi connectivity index (χ1) is 8.15. The van der Waals surface area contributed by atoms with Crippen molar-refractivity contribution < 1.29 is 0 Å². The van der Waals surface area contributed by atoms with Crippen LogP contribution in [0.5, 0.6) is 0 Å². The van der Waals surface area contributed by atoms with Crippen molar-refractivity contribution in [3.05, 3.63) is 27.3 Å². The Bertz CT molecular complexity index is 683. The van der Waals surface area contributed by atoms with Gasteiger partial charge in [0.1, 0.15) is 0 Å². The minimum atomic E-state index is 0.117. The number of fused-ring (bicyclic) bond motifs is 3. The van der Waals surface area contributed by atoms with Gasteiger partial charge >= 0.3 is 0 Å². The zero-order valence-corrected chi connectivity index (χ0v) is 12.3. The minimum absolute atomic E-state index is 0.117. The van der Waals surface area contributed by atoms with Crippen molar-refractivity contribution in [2.24, 2.45) is 5.73 Å². The van der Waals surface area contributed by atoms with Crippen LogP contribution < -0.4 is 5.73 Å². The number of halogens is 1. The molecule has 3 nitrogen and oxygen atoms in total. The van der Waals surface area contributed by atoms with Crippen LogP contribution in [0, 0.1) is 2.88 Å². The van der Waals surface area contributed by atoms with Crippen molar-refractivity contribution in [2.75, 3.05) is 0 Å². The van der Waals surface area contributed by atoms with Crippen molar-refractivity contribution >= 4 is 54.9 Å². The number of nitrogens with two attached hydrogens (primary N) is 1. The molecule has 0 aliphatic heterocycles. The summed E-state index contributed by atoms with van der Waals surface area (Å²) in [5.41, 5.74) is 7.07. The van der Waals surface area contributed by atoms with E-state index >= 15 is 0 Å². The third kappa shape index (κ3) is 1.96. The van der Waals surface area contributed by atoms with Gasteiger partial charge in [0.2, 0.25) is 0 Å². The quantitative estimate of drug-likeness (QED) is 0.716. The highest BCUT2D eigenvalue weighted by Gasteiger charge is 2.10. The number of aromatic nitrogens is 2. The van der Waals surface area contributed by atoms with Gasteiger partial charge in [0.15, 0.2) is 0 Å². The third-order valence-electron chi connectivity index (χ3n) is 2.73. The number of hydrogen-bond donors (Lipinski definition) is 1. The molecule has 0 bridgehead atoms. The molecule has 3 rings (SSSR count). The molecule has 0 radical (unpaired) electrons. The molecule has 5 heteroatoms. The van der Waals surface area contributed by atoms with Gasteiger partial charge in [-0.2, -0.15) is 5.10 Å². The molecule has 0 unspecified atom stereocenters. The number of thiophene rings is 1. The molecule has 0 saturated carbocycles. The molecular formula is C12H12IN3S.